The molecular formula is C21H22BrN3O2S. The Morgan fingerprint density at radius 1 is 1.25 bits per heavy atom. The third kappa shape index (κ3) is 3.91. The molecule has 0 radical (unpaired) electrons. The fourth-order valence-corrected chi connectivity index (χ4v) is 5.23. The van der Waals surface area contributed by atoms with Crippen molar-refractivity contribution in [2.45, 2.75) is 51.6 Å². The highest BCUT2D eigenvalue weighted by molar-refractivity contribution is 9.10. The van der Waals surface area contributed by atoms with E-state index in [-0.39, 0.29) is 24.1 Å². The van der Waals surface area contributed by atoms with Gasteiger partial charge in [0.15, 0.2) is 0 Å². The van der Waals surface area contributed by atoms with Gasteiger partial charge in [-0.25, -0.2) is 4.98 Å². The summed E-state index contributed by atoms with van der Waals surface area (Å²) in [6, 6.07) is 7.70. The molecule has 1 atom stereocenters. The Morgan fingerprint density at radius 2 is 2.00 bits per heavy atom. The number of nitrogens with zero attached hydrogens (tertiary/aromatic N) is 2. The minimum absolute atomic E-state index is 0.0206. The zero-order valence-electron chi connectivity index (χ0n) is 15.7. The van der Waals surface area contributed by atoms with Crippen molar-refractivity contribution in [1.29, 1.82) is 0 Å². The van der Waals surface area contributed by atoms with Gasteiger partial charge in [0.1, 0.15) is 11.4 Å². The first-order valence-corrected chi connectivity index (χ1v) is 11.2. The average Bonchev–Trinajstić information content (AvgIpc) is 2.87. The Bertz CT molecular complexity index is 1070. The maximum atomic E-state index is 13.0. The molecular weight excluding hydrogens is 438 g/mol. The van der Waals surface area contributed by atoms with Crippen LogP contribution in [0.15, 0.2) is 39.9 Å². The third-order valence-electron chi connectivity index (χ3n) is 5.25. The van der Waals surface area contributed by atoms with Gasteiger partial charge in [0.25, 0.3) is 5.56 Å². The number of thiophene rings is 1. The van der Waals surface area contributed by atoms with E-state index in [9.17, 15) is 9.59 Å². The molecule has 0 fully saturated rings. The minimum Gasteiger partial charge on any atom is -0.348 e. The van der Waals surface area contributed by atoms with E-state index >= 15 is 0 Å². The van der Waals surface area contributed by atoms with Crippen LogP contribution in [0.3, 0.4) is 0 Å². The molecule has 0 aliphatic heterocycles. The standard InChI is InChI=1S/C21H22BrN3O2S/c1-13(14-7-9-15(22)10-8-14)24-18(26)11-25-12-23-20-19(21(25)27)16-5-3-2-4-6-17(16)28-20/h7-10,12-13H,2-6,11H2,1H3,(H,24,26). The molecule has 0 saturated carbocycles. The van der Waals surface area contributed by atoms with Crippen molar-refractivity contribution in [3.8, 4) is 0 Å². The summed E-state index contributed by atoms with van der Waals surface area (Å²) in [6.45, 7) is 1.91. The van der Waals surface area contributed by atoms with Crippen LogP contribution in [0.2, 0.25) is 0 Å². The smallest absolute Gasteiger partial charge is 0.262 e. The fourth-order valence-electron chi connectivity index (χ4n) is 3.75. The Hall–Kier alpha value is -1.99. The lowest BCUT2D eigenvalue weighted by Crippen LogP contribution is -2.34. The summed E-state index contributed by atoms with van der Waals surface area (Å²) < 4.78 is 2.43. The zero-order chi connectivity index (χ0) is 19.7. The minimum atomic E-state index is -0.194. The first-order chi connectivity index (χ1) is 13.5. The van der Waals surface area contributed by atoms with Gasteiger partial charge < -0.3 is 5.32 Å². The molecule has 2 heterocycles. The van der Waals surface area contributed by atoms with Gasteiger partial charge >= 0.3 is 0 Å². The number of amides is 1. The van der Waals surface area contributed by atoms with Crippen molar-refractivity contribution < 1.29 is 4.79 Å². The van der Waals surface area contributed by atoms with Crippen LogP contribution >= 0.6 is 27.3 Å². The highest BCUT2D eigenvalue weighted by atomic mass is 79.9. The Morgan fingerprint density at radius 3 is 2.79 bits per heavy atom. The van der Waals surface area contributed by atoms with Gasteiger partial charge in [-0.05, 0) is 55.9 Å². The van der Waals surface area contributed by atoms with Crippen molar-refractivity contribution in [3.05, 3.63) is 61.4 Å². The van der Waals surface area contributed by atoms with E-state index in [4.69, 9.17) is 0 Å². The Kier molecular flexibility index (Phi) is 5.64. The quantitative estimate of drug-likeness (QED) is 0.589. The highest BCUT2D eigenvalue weighted by Gasteiger charge is 2.20. The second-order valence-corrected chi connectivity index (χ2v) is 9.26. The number of aryl methyl sites for hydroxylation is 2. The lowest BCUT2D eigenvalue weighted by atomic mass is 10.1. The molecule has 2 aromatic heterocycles. The van der Waals surface area contributed by atoms with E-state index in [0.29, 0.717) is 0 Å². The predicted octanol–water partition coefficient (Wildman–Crippen LogP) is 4.37. The highest BCUT2D eigenvalue weighted by Crippen LogP contribution is 2.32. The third-order valence-corrected chi connectivity index (χ3v) is 6.98. The van der Waals surface area contributed by atoms with E-state index in [2.05, 4.69) is 26.2 Å². The van der Waals surface area contributed by atoms with E-state index < -0.39 is 0 Å². The fraction of sp³-hybridized carbons (Fsp3) is 0.381. The van der Waals surface area contributed by atoms with E-state index in [1.807, 2.05) is 31.2 Å². The van der Waals surface area contributed by atoms with Crippen LogP contribution in [-0.2, 0) is 24.2 Å². The summed E-state index contributed by atoms with van der Waals surface area (Å²) in [7, 11) is 0. The molecule has 5 nitrogen and oxygen atoms in total. The molecule has 0 bridgehead atoms. The molecule has 0 saturated heterocycles. The van der Waals surface area contributed by atoms with Gasteiger partial charge in [-0.2, -0.15) is 0 Å². The van der Waals surface area contributed by atoms with E-state index in [1.54, 1.807) is 11.3 Å². The number of fused-ring (bicyclic) bond motifs is 3. The summed E-state index contributed by atoms with van der Waals surface area (Å²) in [6.07, 6.45) is 6.95. The van der Waals surface area contributed by atoms with Crippen molar-refractivity contribution in [3.63, 3.8) is 0 Å². The number of carbonyl (C=O) groups excluding carboxylic acids is 1. The number of hydrogen-bond donors (Lipinski definition) is 1. The van der Waals surface area contributed by atoms with Crippen LogP contribution in [0.5, 0.6) is 0 Å². The molecule has 3 aromatic rings. The second-order valence-electron chi connectivity index (χ2n) is 7.26. The molecule has 1 unspecified atom stereocenters. The van der Waals surface area contributed by atoms with Crippen LogP contribution in [0.4, 0.5) is 0 Å². The number of benzene rings is 1. The van der Waals surface area contributed by atoms with Gasteiger partial charge in [0, 0.05) is 9.35 Å². The summed E-state index contributed by atoms with van der Waals surface area (Å²) >= 11 is 5.05. The second kappa shape index (κ2) is 8.17. The molecule has 1 amide bonds. The summed E-state index contributed by atoms with van der Waals surface area (Å²) in [5.74, 6) is -0.194. The molecule has 146 valence electrons. The molecule has 1 aromatic carbocycles. The molecule has 28 heavy (non-hydrogen) atoms. The van der Waals surface area contributed by atoms with Crippen LogP contribution in [0.1, 0.15) is 48.2 Å². The average molecular weight is 460 g/mol. The van der Waals surface area contributed by atoms with Crippen molar-refractivity contribution in [2.24, 2.45) is 0 Å². The first kappa shape index (κ1) is 19.3. The SMILES string of the molecule is CC(NC(=O)Cn1cnc2sc3c(c2c1=O)CCCCC3)c1ccc(Br)cc1. The van der Waals surface area contributed by atoms with Gasteiger partial charge in [-0.3, -0.25) is 14.2 Å². The van der Waals surface area contributed by atoms with E-state index in [1.165, 1.54) is 28.6 Å². The molecule has 1 N–H and O–H groups in total. The monoisotopic (exact) mass is 459 g/mol. The summed E-state index contributed by atoms with van der Waals surface area (Å²) in [5, 5.41) is 3.69. The number of rotatable bonds is 4. The molecule has 7 heteroatoms. The van der Waals surface area contributed by atoms with Crippen LogP contribution in [-0.4, -0.2) is 15.5 Å². The van der Waals surface area contributed by atoms with Crippen molar-refractivity contribution >= 4 is 43.4 Å². The first-order valence-electron chi connectivity index (χ1n) is 9.57. The zero-order valence-corrected chi connectivity index (χ0v) is 18.1. The molecule has 4 rings (SSSR count). The number of aromatic nitrogens is 2. The molecule has 1 aliphatic carbocycles. The number of halogens is 1. The Labute approximate surface area is 175 Å². The number of nitrogens with one attached hydrogen (secondary N) is 1. The van der Waals surface area contributed by atoms with E-state index in [0.717, 1.165) is 45.1 Å². The predicted molar refractivity (Wildman–Crippen MR) is 116 cm³/mol. The summed E-state index contributed by atoms with van der Waals surface area (Å²) in [5.41, 5.74) is 2.07. The van der Waals surface area contributed by atoms with Crippen molar-refractivity contribution in [1.82, 2.24) is 14.9 Å². The van der Waals surface area contributed by atoms with Crippen LogP contribution < -0.4 is 10.9 Å². The largest absolute Gasteiger partial charge is 0.348 e. The Balaban J connectivity index is 1.55. The topological polar surface area (TPSA) is 64.0 Å². The van der Waals surface area contributed by atoms with Crippen LogP contribution in [0.25, 0.3) is 10.2 Å². The maximum Gasteiger partial charge on any atom is 0.262 e. The lowest BCUT2D eigenvalue weighted by Gasteiger charge is -2.15. The number of hydrogen-bond acceptors (Lipinski definition) is 4. The molecule has 0 spiro atoms. The van der Waals surface area contributed by atoms with Gasteiger partial charge in [0.2, 0.25) is 5.91 Å². The lowest BCUT2D eigenvalue weighted by molar-refractivity contribution is -0.122. The van der Waals surface area contributed by atoms with Gasteiger partial charge in [-0.1, -0.05) is 34.5 Å². The number of carbonyl (C=O) groups is 1. The van der Waals surface area contributed by atoms with Gasteiger partial charge in [0.05, 0.1) is 17.8 Å². The van der Waals surface area contributed by atoms with Gasteiger partial charge in [-0.15, -0.1) is 11.3 Å². The maximum absolute atomic E-state index is 13.0. The van der Waals surface area contributed by atoms with Crippen molar-refractivity contribution in [2.75, 3.05) is 0 Å². The molecule has 1 aliphatic rings. The normalized spacial score (nSPS) is 15.1. The van der Waals surface area contributed by atoms with Crippen LogP contribution in [0, 0.1) is 0 Å². The summed E-state index contributed by atoms with van der Waals surface area (Å²) in [4.78, 5) is 32.1.